The Morgan fingerprint density at radius 3 is 2.56 bits per heavy atom. The largest absolute Gasteiger partial charge is 0.370 e. The van der Waals surface area contributed by atoms with Crippen LogP contribution in [0.1, 0.15) is 24.3 Å². The molecule has 0 saturated heterocycles. The number of rotatable bonds is 2. The fourth-order valence-corrected chi connectivity index (χ4v) is 2.02. The highest BCUT2D eigenvalue weighted by molar-refractivity contribution is 5.78. The first-order valence-electron chi connectivity index (χ1n) is 5.43. The van der Waals surface area contributed by atoms with Crippen molar-refractivity contribution in [1.29, 1.82) is 0 Å². The number of nitrogens with zero attached hydrogens (tertiary/aromatic N) is 1. The fraction of sp³-hybridized carbons (Fsp3) is 0.417. The van der Waals surface area contributed by atoms with Crippen LogP contribution in [0.15, 0.2) is 29.3 Å². The zero-order valence-corrected chi connectivity index (χ0v) is 9.28. The van der Waals surface area contributed by atoms with Gasteiger partial charge in [0.1, 0.15) is 5.82 Å². The first kappa shape index (κ1) is 10.9. The number of benzene rings is 1. The maximum atomic E-state index is 12.7. The van der Waals surface area contributed by atoms with Crippen molar-refractivity contribution in [3.63, 3.8) is 0 Å². The minimum atomic E-state index is -0.180. The van der Waals surface area contributed by atoms with E-state index in [0.717, 1.165) is 12.8 Å². The Balaban J connectivity index is 1.86. The van der Waals surface area contributed by atoms with Crippen molar-refractivity contribution in [3.05, 3.63) is 35.6 Å². The molecule has 1 saturated carbocycles. The molecular weight excluding hydrogens is 205 g/mol. The number of nitrogens with two attached hydrogens (primary N) is 1. The lowest BCUT2D eigenvalue weighted by Crippen LogP contribution is -2.46. The Kier molecular flexibility index (Phi) is 3.08. The molecule has 16 heavy (non-hydrogen) atoms. The lowest BCUT2D eigenvalue weighted by atomic mass is 9.76. The molecule has 2 rings (SSSR count). The molecule has 0 spiro atoms. The van der Waals surface area contributed by atoms with Crippen LogP contribution in [0.3, 0.4) is 0 Å². The summed E-state index contributed by atoms with van der Waals surface area (Å²) in [6.07, 6.45) is 2.06. The van der Waals surface area contributed by atoms with E-state index in [-0.39, 0.29) is 5.82 Å². The van der Waals surface area contributed by atoms with Crippen molar-refractivity contribution in [3.8, 4) is 0 Å². The molecule has 0 heterocycles. The normalized spacial score (nSPS) is 25.0. The van der Waals surface area contributed by atoms with Crippen LogP contribution in [-0.4, -0.2) is 19.0 Å². The third-order valence-corrected chi connectivity index (χ3v) is 3.07. The van der Waals surface area contributed by atoms with E-state index in [2.05, 4.69) is 10.3 Å². The van der Waals surface area contributed by atoms with Crippen LogP contribution in [0, 0.1) is 5.82 Å². The molecule has 0 radical (unpaired) electrons. The summed E-state index contributed by atoms with van der Waals surface area (Å²) in [5, 5.41) is 3.13. The zero-order valence-electron chi connectivity index (χ0n) is 9.28. The minimum Gasteiger partial charge on any atom is -0.370 e. The molecule has 1 aliphatic rings. The summed E-state index contributed by atoms with van der Waals surface area (Å²) in [7, 11) is 1.67. The number of nitrogens with one attached hydrogen (secondary N) is 1. The molecule has 1 fully saturated rings. The Bertz CT molecular complexity index is 380. The van der Waals surface area contributed by atoms with Gasteiger partial charge in [0.2, 0.25) is 0 Å². The van der Waals surface area contributed by atoms with Gasteiger partial charge in [0, 0.05) is 13.1 Å². The number of guanidine groups is 1. The Morgan fingerprint density at radius 2 is 2.00 bits per heavy atom. The van der Waals surface area contributed by atoms with Crippen LogP contribution < -0.4 is 11.1 Å². The fourth-order valence-electron chi connectivity index (χ4n) is 2.02. The molecule has 0 aromatic heterocycles. The van der Waals surface area contributed by atoms with E-state index in [9.17, 15) is 4.39 Å². The minimum absolute atomic E-state index is 0.180. The van der Waals surface area contributed by atoms with Gasteiger partial charge in [0.05, 0.1) is 0 Å². The molecule has 1 aromatic carbocycles. The van der Waals surface area contributed by atoms with Crippen molar-refractivity contribution in [2.75, 3.05) is 7.05 Å². The van der Waals surface area contributed by atoms with Crippen LogP contribution >= 0.6 is 0 Å². The van der Waals surface area contributed by atoms with Gasteiger partial charge < -0.3 is 11.1 Å². The lowest BCUT2D eigenvalue weighted by molar-refractivity contribution is 0.323. The van der Waals surface area contributed by atoms with Crippen molar-refractivity contribution < 1.29 is 4.39 Å². The van der Waals surface area contributed by atoms with Crippen molar-refractivity contribution in [1.82, 2.24) is 5.32 Å². The predicted molar refractivity (Wildman–Crippen MR) is 62.8 cm³/mol. The van der Waals surface area contributed by atoms with Gasteiger partial charge in [-0.1, -0.05) is 12.1 Å². The standard InChI is InChI=1S/C12H16FN3/c1-15-12(14)16-11-6-9(7-11)8-2-4-10(13)5-3-8/h2-5,9,11H,6-7H2,1H3,(H3,14,15,16). The number of aliphatic imine (C=N–C) groups is 1. The second-order valence-electron chi connectivity index (χ2n) is 4.17. The zero-order chi connectivity index (χ0) is 11.5. The molecule has 0 aliphatic heterocycles. The second-order valence-corrected chi connectivity index (χ2v) is 4.17. The van der Waals surface area contributed by atoms with E-state index >= 15 is 0 Å². The average Bonchev–Trinajstić information content (AvgIpc) is 2.24. The molecule has 4 heteroatoms. The van der Waals surface area contributed by atoms with E-state index in [4.69, 9.17) is 5.73 Å². The summed E-state index contributed by atoms with van der Waals surface area (Å²) in [4.78, 5) is 3.85. The molecule has 1 aromatic rings. The number of hydrogen-bond acceptors (Lipinski definition) is 1. The van der Waals surface area contributed by atoms with Gasteiger partial charge in [-0.3, -0.25) is 4.99 Å². The maximum Gasteiger partial charge on any atom is 0.188 e. The van der Waals surface area contributed by atoms with Crippen molar-refractivity contribution in [2.45, 2.75) is 24.8 Å². The van der Waals surface area contributed by atoms with Crippen molar-refractivity contribution >= 4 is 5.96 Å². The molecule has 0 amide bonds. The first-order chi connectivity index (χ1) is 7.69. The van der Waals surface area contributed by atoms with Gasteiger partial charge in [-0.05, 0) is 36.5 Å². The van der Waals surface area contributed by atoms with Gasteiger partial charge in [-0.25, -0.2) is 4.39 Å². The molecule has 3 nitrogen and oxygen atoms in total. The molecule has 1 aliphatic carbocycles. The van der Waals surface area contributed by atoms with Crippen LogP contribution in [0.2, 0.25) is 0 Å². The predicted octanol–water partition coefficient (Wildman–Crippen LogP) is 1.61. The number of hydrogen-bond donors (Lipinski definition) is 2. The smallest absolute Gasteiger partial charge is 0.188 e. The highest BCUT2D eigenvalue weighted by Crippen LogP contribution is 2.36. The Hall–Kier alpha value is -1.58. The summed E-state index contributed by atoms with van der Waals surface area (Å²) in [5.74, 6) is 0.824. The highest BCUT2D eigenvalue weighted by atomic mass is 19.1. The van der Waals surface area contributed by atoms with Crippen LogP contribution in [0.25, 0.3) is 0 Å². The number of halogens is 1. The second kappa shape index (κ2) is 4.51. The van der Waals surface area contributed by atoms with Gasteiger partial charge in [0.25, 0.3) is 0 Å². The summed E-state index contributed by atoms with van der Waals surface area (Å²) in [6, 6.07) is 7.13. The summed E-state index contributed by atoms with van der Waals surface area (Å²) in [6.45, 7) is 0. The van der Waals surface area contributed by atoms with Gasteiger partial charge in [-0.2, -0.15) is 0 Å². The highest BCUT2D eigenvalue weighted by Gasteiger charge is 2.30. The Morgan fingerprint density at radius 1 is 1.38 bits per heavy atom. The molecule has 0 atom stereocenters. The third kappa shape index (κ3) is 2.32. The van der Waals surface area contributed by atoms with Crippen LogP contribution in [0.5, 0.6) is 0 Å². The molecule has 3 N–H and O–H groups in total. The first-order valence-corrected chi connectivity index (χ1v) is 5.43. The lowest BCUT2D eigenvalue weighted by Gasteiger charge is -2.36. The molecule has 86 valence electrons. The molecule has 0 bridgehead atoms. The summed E-state index contributed by atoms with van der Waals surface area (Å²) < 4.78 is 12.7. The van der Waals surface area contributed by atoms with E-state index in [0.29, 0.717) is 17.9 Å². The quantitative estimate of drug-likeness (QED) is 0.589. The molecular formula is C12H16FN3. The van der Waals surface area contributed by atoms with Crippen LogP contribution in [-0.2, 0) is 0 Å². The SMILES string of the molecule is CN=C(N)NC1CC(c2ccc(F)cc2)C1. The molecule has 0 unspecified atom stereocenters. The van der Waals surface area contributed by atoms with Gasteiger partial charge >= 0.3 is 0 Å². The van der Waals surface area contributed by atoms with E-state index in [1.54, 1.807) is 7.05 Å². The van der Waals surface area contributed by atoms with Crippen LogP contribution in [0.4, 0.5) is 4.39 Å². The van der Waals surface area contributed by atoms with E-state index < -0.39 is 0 Å². The van der Waals surface area contributed by atoms with Gasteiger partial charge in [-0.15, -0.1) is 0 Å². The van der Waals surface area contributed by atoms with Crippen molar-refractivity contribution in [2.24, 2.45) is 10.7 Å². The summed E-state index contributed by atoms with van der Waals surface area (Å²) in [5.41, 5.74) is 6.78. The monoisotopic (exact) mass is 221 g/mol. The van der Waals surface area contributed by atoms with E-state index in [1.165, 1.54) is 17.7 Å². The summed E-state index contributed by atoms with van der Waals surface area (Å²) >= 11 is 0. The van der Waals surface area contributed by atoms with Gasteiger partial charge in [0.15, 0.2) is 5.96 Å². The maximum absolute atomic E-state index is 12.7. The Labute approximate surface area is 94.6 Å². The third-order valence-electron chi connectivity index (χ3n) is 3.07. The van der Waals surface area contributed by atoms with E-state index in [1.807, 2.05) is 12.1 Å². The topological polar surface area (TPSA) is 50.4 Å². The average molecular weight is 221 g/mol.